The van der Waals surface area contributed by atoms with Gasteiger partial charge in [-0.1, -0.05) is 35.3 Å². The second-order valence-corrected chi connectivity index (χ2v) is 9.33. The fourth-order valence-corrected chi connectivity index (χ4v) is 4.37. The number of carboxylic acids is 1. The number of carboxylic acid groups (broad SMARTS) is 1. The lowest BCUT2D eigenvalue weighted by Crippen LogP contribution is -2.29. The van der Waals surface area contributed by atoms with Crippen LogP contribution in [0.4, 0.5) is 0 Å². The number of amides is 1. The summed E-state index contributed by atoms with van der Waals surface area (Å²) < 4.78 is 11.8. The molecule has 1 aliphatic rings. The first-order valence-electron chi connectivity index (χ1n) is 11.1. The maximum absolute atomic E-state index is 12.7. The third kappa shape index (κ3) is 7.36. The summed E-state index contributed by atoms with van der Waals surface area (Å²) in [6, 6.07) is 10.3. The summed E-state index contributed by atoms with van der Waals surface area (Å²) in [7, 11) is 0. The minimum absolute atomic E-state index is 0.145. The fraction of sp³-hybridized carbons (Fsp3) is 0.440. The van der Waals surface area contributed by atoms with Crippen LogP contribution in [-0.2, 0) is 22.5 Å². The molecule has 0 aliphatic heterocycles. The number of rotatable bonds is 10. The summed E-state index contributed by atoms with van der Waals surface area (Å²) >= 11 is 12.1. The van der Waals surface area contributed by atoms with Crippen molar-refractivity contribution in [2.45, 2.75) is 70.8 Å². The molecule has 1 aliphatic carbocycles. The van der Waals surface area contributed by atoms with E-state index in [9.17, 15) is 14.7 Å². The Hall–Kier alpha value is -2.28. The number of nitrogens with one attached hydrogen (secondary N) is 1. The Morgan fingerprint density at radius 2 is 1.85 bits per heavy atom. The van der Waals surface area contributed by atoms with Gasteiger partial charge in [0.15, 0.2) is 6.10 Å². The first kappa shape index (κ1) is 25.3. The average molecular weight is 494 g/mol. The number of ether oxygens (including phenoxy) is 2. The molecule has 1 amide bonds. The highest BCUT2D eigenvalue weighted by Crippen LogP contribution is 2.28. The molecule has 1 saturated carbocycles. The lowest BCUT2D eigenvalue weighted by Gasteiger charge is -2.20. The molecule has 0 aromatic heterocycles. The molecule has 1 unspecified atom stereocenters. The van der Waals surface area contributed by atoms with Crippen molar-refractivity contribution in [2.75, 3.05) is 0 Å². The molecule has 0 heterocycles. The monoisotopic (exact) mass is 493 g/mol. The van der Waals surface area contributed by atoms with Crippen LogP contribution >= 0.6 is 23.2 Å². The lowest BCUT2D eigenvalue weighted by molar-refractivity contribution is -0.153. The topological polar surface area (TPSA) is 84.9 Å². The Labute approximate surface area is 204 Å². The molecule has 2 aromatic rings. The molecule has 3 rings (SSSR count). The number of aliphatic carboxylic acids is 1. The first-order valence-corrected chi connectivity index (χ1v) is 11.9. The number of carbonyl (C=O) groups excluding carboxylic acids is 1. The molecule has 0 spiro atoms. The molecular weight excluding hydrogens is 465 g/mol. The zero-order valence-corrected chi connectivity index (χ0v) is 20.3. The Bertz CT molecular complexity index is 989. The summed E-state index contributed by atoms with van der Waals surface area (Å²) in [4.78, 5) is 24.3. The largest absolute Gasteiger partial charge is 0.490 e. The van der Waals surface area contributed by atoms with Crippen molar-refractivity contribution < 1.29 is 24.2 Å². The van der Waals surface area contributed by atoms with E-state index in [0.29, 0.717) is 16.3 Å². The summed E-state index contributed by atoms with van der Waals surface area (Å²) in [5.41, 5.74) is 1.88. The fourth-order valence-electron chi connectivity index (χ4n) is 3.88. The summed E-state index contributed by atoms with van der Waals surface area (Å²) in [5, 5.41) is 13.1. The summed E-state index contributed by atoms with van der Waals surface area (Å²) in [6.45, 7) is 3.81. The second kappa shape index (κ2) is 11.7. The van der Waals surface area contributed by atoms with Crippen molar-refractivity contribution >= 4 is 35.1 Å². The number of halogens is 2. The van der Waals surface area contributed by atoms with Gasteiger partial charge in [-0.2, -0.15) is 0 Å². The van der Waals surface area contributed by atoms with Crippen LogP contribution in [0.2, 0.25) is 10.0 Å². The van der Waals surface area contributed by atoms with Crippen LogP contribution in [-0.4, -0.2) is 35.3 Å². The molecule has 6 nitrogen and oxygen atoms in total. The Balaban J connectivity index is 1.79. The molecule has 2 N–H and O–H groups in total. The van der Waals surface area contributed by atoms with E-state index in [1.807, 2.05) is 18.2 Å². The zero-order chi connectivity index (χ0) is 24.0. The Kier molecular flexibility index (Phi) is 9.01. The lowest BCUT2D eigenvalue weighted by atomic mass is 10.0. The number of carbonyl (C=O) groups is 2. The van der Waals surface area contributed by atoms with Gasteiger partial charge in [0.2, 0.25) is 0 Å². The predicted octanol–water partition coefficient (Wildman–Crippen LogP) is 5.67. The van der Waals surface area contributed by atoms with Crippen molar-refractivity contribution in [3.8, 4) is 5.75 Å². The van der Waals surface area contributed by atoms with Crippen molar-refractivity contribution in [1.29, 1.82) is 0 Å². The molecule has 1 atom stereocenters. The summed E-state index contributed by atoms with van der Waals surface area (Å²) in [6.07, 6.45) is 3.45. The van der Waals surface area contributed by atoms with Crippen LogP contribution in [0.3, 0.4) is 0 Å². The Morgan fingerprint density at radius 3 is 2.48 bits per heavy atom. The van der Waals surface area contributed by atoms with Crippen molar-refractivity contribution in [1.82, 2.24) is 5.32 Å². The molecule has 8 heteroatoms. The molecule has 0 radical (unpaired) electrons. The quantitative estimate of drug-likeness (QED) is 0.445. The predicted molar refractivity (Wildman–Crippen MR) is 128 cm³/mol. The highest BCUT2D eigenvalue weighted by atomic mass is 35.5. The zero-order valence-electron chi connectivity index (χ0n) is 18.8. The number of hydrogen-bond acceptors (Lipinski definition) is 4. The van der Waals surface area contributed by atoms with Gasteiger partial charge in [-0.05, 0) is 69.4 Å². The van der Waals surface area contributed by atoms with E-state index < -0.39 is 12.1 Å². The van der Waals surface area contributed by atoms with Crippen LogP contribution in [0.5, 0.6) is 5.75 Å². The minimum atomic E-state index is -1.01. The van der Waals surface area contributed by atoms with E-state index in [2.05, 4.69) is 5.32 Å². The van der Waals surface area contributed by atoms with Gasteiger partial charge in [0.1, 0.15) is 5.75 Å². The highest BCUT2D eigenvalue weighted by molar-refractivity contribution is 6.36. The van der Waals surface area contributed by atoms with Gasteiger partial charge >= 0.3 is 5.97 Å². The average Bonchev–Trinajstić information content (AvgIpc) is 3.25. The SMILES string of the molecule is CC(C)OC(Cc1ccc(OC2CCCC2)c(CNC(=O)c2ccc(Cl)cc2Cl)c1)C(=O)O. The third-order valence-corrected chi connectivity index (χ3v) is 6.02. The van der Waals surface area contributed by atoms with Gasteiger partial charge in [0.25, 0.3) is 5.91 Å². The van der Waals surface area contributed by atoms with Crippen molar-refractivity contribution in [3.05, 3.63) is 63.1 Å². The molecule has 0 saturated heterocycles. The van der Waals surface area contributed by atoms with Gasteiger partial charge in [-0.15, -0.1) is 0 Å². The maximum Gasteiger partial charge on any atom is 0.333 e. The Morgan fingerprint density at radius 1 is 1.12 bits per heavy atom. The van der Waals surface area contributed by atoms with E-state index >= 15 is 0 Å². The van der Waals surface area contributed by atoms with Gasteiger partial charge < -0.3 is 19.9 Å². The van der Waals surface area contributed by atoms with E-state index in [4.69, 9.17) is 32.7 Å². The van der Waals surface area contributed by atoms with Gasteiger partial charge in [-0.25, -0.2) is 4.79 Å². The van der Waals surface area contributed by atoms with Crippen molar-refractivity contribution in [3.63, 3.8) is 0 Å². The van der Waals surface area contributed by atoms with E-state index in [0.717, 1.165) is 36.8 Å². The van der Waals surface area contributed by atoms with Crippen LogP contribution in [0, 0.1) is 0 Å². The standard InChI is InChI=1S/C25H29Cl2NO5/c1-15(2)32-23(25(30)31)12-16-7-10-22(33-19-5-3-4-6-19)17(11-16)14-28-24(29)20-9-8-18(26)13-21(20)27/h7-11,13,15,19,23H,3-6,12,14H2,1-2H3,(H,28,29)(H,30,31). The smallest absolute Gasteiger partial charge is 0.333 e. The van der Waals surface area contributed by atoms with E-state index in [-0.39, 0.29) is 36.1 Å². The third-order valence-electron chi connectivity index (χ3n) is 5.47. The van der Waals surface area contributed by atoms with E-state index in [1.165, 1.54) is 6.07 Å². The van der Waals surface area contributed by atoms with Crippen LogP contribution in [0.25, 0.3) is 0 Å². The maximum atomic E-state index is 12.7. The second-order valence-electron chi connectivity index (χ2n) is 8.49. The van der Waals surface area contributed by atoms with Crippen molar-refractivity contribution in [2.24, 2.45) is 0 Å². The van der Waals surface area contributed by atoms with Gasteiger partial charge in [-0.3, -0.25) is 4.79 Å². The molecular formula is C25H29Cl2NO5. The molecule has 2 aromatic carbocycles. The molecule has 178 valence electrons. The molecule has 33 heavy (non-hydrogen) atoms. The first-order chi connectivity index (χ1) is 15.7. The molecule has 1 fully saturated rings. The minimum Gasteiger partial charge on any atom is -0.490 e. The summed E-state index contributed by atoms with van der Waals surface area (Å²) in [5.74, 6) is -0.660. The van der Waals surface area contributed by atoms with Crippen LogP contribution < -0.4 is 10.1 Å². The highest BCUT2D eigenvalue weighted by Gasteiger charge is 2.22. The van der Waals surface area contributed by atoms with E-state index in [1.54, 1.807) is 26.0 Å². The van der Waals surface area contributed by atoms with Gasteiger partial charge in [0, 0.05) is 23.6 Å². The van der Waals surface area contributed by atoms with Gasteiger partial charge in [0.05, 0.1) is 22.8 Å². The number of benzene rings is 2. The normalized spacial score (nSPS) is 14.9. The van der Waals surface area contributed by atoms with Crippen LogP contribution in [0.15, 0.2) is 36.4 Å². The van der Waals surface area contributed by atoms with Crippen LogP contribution in [0.1, 0.15) is 61.0 Å². The number of hydrogen-bond donors (Lipinski definition) is 2. The molecule has 0 bridgehead atoms.